The Hall–Kier alpha value is -1.95. The number of rotatable bonds is 3. The molecule has 3 aliphatic rings. The molecule has 1 aromatic heterocycles. The summed E-state index contributed by atoms with van der Waals surface area (Å²) in [5.74, 6) is 0.174. The predicted molar refractivity (Wildman–Crippen MR) is 98.8 cm³/mol. The first-order valence-electron chi connectivity index (χ1n) is 9.86. The van der Waals surface area contributed by atoms with Crippen LogP contribution in [0.2, 0.25) is 0 Å². The summed E-state index contributed by atoms with van der Waals surface area (Å²) in [6.07, 6.45) is 6.68. The molecule has 26 heavy (non-hydrogen) atoms. The third-order valence-corrected chi connectivity index (χ3v) is 6.11. The third-order valence-electron chi connectivity index (χ3n) is 6.11. The van der Waals surface area contributed by atoms with Gasteiger partial charge < -0.3 is 9.80 Å². The fourth-order valence-electron chi connectivity index (χ4n) is 4.11. The zero-order valence-corrected chi connectivity index (χ0v) is 15.6. The molecule has 0 bridgehead atoms. The molecule has 6 heteroatoms. The van der Waals surface area contributed by atoms with Gasteiger partial charge in [0.1, 0.15) is 0 Å². The SMILES string of the molecule is Cc1ccc(C(=O)N2CC(C(=O)N3CCCN(C4CCC4)CC3)C2)cn1. The lowest BCUT2D eigenvalue weighted by molar-refractivity contribution is -0.139. The molecule has 1 aliphatic carbocycles. The zero-order chi connectivity index (χ0) is 18.1. The first-order valence-corrected chi connectivity index (χ1v) is 9.86. The van der Waals surface area contributed by atoms with Crippen molar-refractivity contribution in [1.82, 2.24) is 19.7 Å². The number of carbonyl (C=O) groups excluding carboxylic acids is 2. The van der Waals surface area contributed by atoms with E-state index in [0.717, 1.165) is 44.3 Å². The zero-order valence-electron chi connectivity index (χ0n) is 15.6. The Kier molecular flexibility index (Phi) is 4.94. The minimum atomic E-state index is -0.0346. The summed E-state index contributed by atoms with van der Waals surface area (Å²) in [7, 11) is 0. The molecule has 1 saturated carbocycles. The normalized spacial score (nSPS) is 22.5. The molecule has 3 heterocycles. The van der Waals surface area contributed by atoms with Crippen molar-refractivity contribution in [1.29, 1.82) is 0 Å². The summed E-state index contributed by atoms with van der Waals surface area (Å²) in [5.41, 5.74) is 1.50. The van der Waals surface area contributed by atoms with Crippen molar-refractivity contribution in [2.24, 2.45) is 5.92 Å². The number of carbonyl (C=O) groups is 2. The maximum absolute atomic E-state index is 12.8. The summed E-state index contributed by atoms with van der Waals surface area (Å²) in [5, 5.41) is 0. The maximum Gasteiger partial charge on any atom is 0.255 e. The van der Waals surface area contributed by atoms with Crippen molar-refractivity contribution in [2.45, 2.75) is 38.6 Å². The van der Waals surface area contributed by atoms with E-state index in [9.17, 15) is 9.59 Å². The van der Waals surface area contributed by atoms with Gasteiger partial charge in [-0.05, 0) is 38.3 Å². The van der Waals surface area contributed by atoms with Crippen molar-refractivity contribution < 1.29 is 9.59 Å². The number of likely N-dealkylation sites (tertiary alicyclic amines) is 1. The Morgan fingerprint density at radius 2 is 1.81 bits per heavy atom. The van der Waals surface area contributed by atoms with E-state index in [0.29, 0.717) is 18.7 Å². The molecule has 2 saturated heterocycles. The Bertz CT molecular complexity index is 665. The van der Waals surface area contributed by atoms with Gasteiger partial charge in [0.25, 0.3) is 5.91 Å². The maximum atomic E-state index is 12.8. The Balaban J connectivity index is 1.27. The van der Waals surface area contributed by atoms with Crippen LogP contribution in [0.25, 0.3) is 0 Å². The minimum absolute atomic E-state index is 0.0198. The van der Waals surface area contributed by atoms with Gasteiger partial charge in [0, 0.05) is 57.2 Å². The highest BCUT2D eigenvalue weighted by Gasteiger charge is 2.39. The Labute approximate surface area is 155 Å². The average molecular weight is 356 g/mol. The minimum Gasteiger partial charge on any atom is -0.341 e. The van der Waals surface area contributed by atoms with E-state index in [2.05, 4.69) is 9.88 Å². The van der Waals surface area contributed by atoms with Crippen LogP contribution < -0.4 is 0 Å². The van der Waals surface area contributed by atoms with Crippen molar-refractivity contribution in [3.05, 3.63) is 29.6 Å². The standard InChI is InChI=1S/C20H28N4O2/c1-15-6-7-16(12-21-15)19(25)24-13-17(14-24)20(26)23-9-3-8-22(10-11-23)18-4-2-5-18/h6-7,12,17-18H,2-5,8-11,13-14H2,1H3. The number of aromatic nitrogens is 1. The fraction of sp³-hybridized carbons (Fsp3) is 0.650. The van der Waals surface area contributed by atoms with Crippen LogP contribution in [0.15, 0.2) is 18.3 Å². The van der Waals surface area contributed by atoms with Gasteiger partial charge in [0.15, 0.2) is 0 Å². The van der Waals surface area contributed by atoms with Crippen molar-refractivity contribution >= 4 is 11.8 Å². The number of aryl methyl sites for hydroxylation is 1. The highest BCUT2D eigenvalue weighted by molar-refractivity contribution is 5.95. The summed E-state index contributed by atoms with van der Waals surface area (Å²) in [4.78, 5) is 35.8. The molecular weight excluding hydrogens is 328 g/mol. The fourth-order valence-corrected chi connectivity index (χ4v) is 4.11. The molecule has 0 spiro atoms. The molecule has 0 radical (unpaired) electrons. The Morgan fingerprint density at radius 1 is 1.00 bits per heavy atom. The van der Waals surface area contributed by atoms with Crippen molar-refractivity contribution in [3.8, 4) is 0 Å². The number of nitrogens with zero attached hydrogens (tertiary/aromatic N) is 4. The summed E-state index contributed by atoms with van der Waals surface area (Å²) >= 11 is 0. The van der Waals surface area contributed by atoms with E-state index in [1.54, 1.807) is 11.1 Å². The van der Waals surface area contributed by atoms with Crippen LogP contribution in [0.1, 0.15) is 41.7 Å². The topological polar surface area (TPSA) is 56.8 Å². The highest BCUT2D eigenvalue weighted by atomic mass is 16.2. The summed E-state index contributed by atoms with van der Waals surface area (Å²) in [6.45, 7) is 6.78. The molecule has 3 fully saturated rings. The molecule has 2 aliphatic heterocycles. The van der Waals surface area contributed by atoms with Crippen LogP contribution in [0.5, 0.6) is 0 Å². The monoisotopic (exact) mass is 356 g/mol. The van der Waals surface area contributed by atoms with Gasteiger partial charge in [-0.2, -0.15) is 0 Å². The lowest BCUT2D eigenvalue weighted by Crippen LogP contribution is -2.56. The lowest BCUT2D eigenvalue weighted by Gasteiger charge is -2.40. The highest BCUT2D eigenvalue weighted by Crippen LogP contribution is 2.26. The van der Waals surface area contributed by atoms with Gasteiger partial charge >= 0.3 is 0 Å². The van der Waals surface area contributed by atoms with Gasteiger partial charge in [-0.15, -0.1) is 0 Å². The van der Waals surface area contributed by atoms with Gasteiger partial charge in [-0.25, -0.2) is 0 Å². The number of hydrogen-bond donors (Lipinski definition) is 0. The van der Waals surface area contributed by atoms with E-state index in [1.807, 2.05) is 24.0 Å². The number of pyridine rings is 1. The second-order valence-electron chi connectivity index (χ2n) is 7.89. The van der Waals surface area contributed by atoms with Crippen molar-refractivity contribution in [2.75, 3.05) is 39.3 Å². The molecular formula is C20H28N4O2. The quantitative estimate of drug-likeness (QED) is 0.825. The summed E-state index contributed by atoms with van der Waals surface area (Å²) in [6, 6.07) is 4.41. The van der Waals surface area contributed by atoms with E-state index < -0.39 is 0 Å². The smallest absolute Gasteiger partial charge is 0.255 e. The van der Waals surface area contributed by atoms with E-state index in [1.165, 1.54) is 19.3 Å². The first-order chi connectivity index (χ1) is 12.6. The number of hydrogen-bond acceptors (Lipinski definition) is 4. The van der Waals surface area contributed by atoms with Gasteiger partial charge in [-0.1, -0.05) is 6.42 Å². The van der Waals surface area contributed by atoms with Crippen LogP contribution in [-0.2, 0) is 4.79 Å². The number of amides is 2. The molecule has 6 nitrogen and oxygen atoms in total. The van der Waals surface area contributed by atoms with E-state index in [-0.39, 0.29) is 17.7 Å². The van der Waals surface area contributed by atoms with Gasteiger partial charge in [-0.3, -0.25) is 19.5 Å². The second kappa shape index (κ2) is 7.35. The molecule has 2 amide bonds. The molecule has 0 N–H and O–H groups in total. The largest absolute Gasteiger partial charge is 0.341 e. The first kappa shape index (κ1) is 17.5. The summed E-state index contributed by atoms with van der Waals surface area (Å²) < 4.78 is 0. The third kappa shape index (κ3) is 3.47. The molecule has 0 aromatic carbocycles. The molecule has 140 valence electrons. The molecule has 1 aromatic rings. The van der Waals surface area contributed by atoms with E-state index in [4.69, 9.17) is 0 Å². The van der Waals surface area contributed by atoms with Crippen LogP contribution in [0.4, 0.5) is 0 Å². The Morgan fingerprint density at radius 3 is 2.46 bits per heavy atom. The lowest BCUT2D eigenvalue weighted by atomic mass is 9.91. The van der Waals surface area contributed by atoms with Crippen molar-refractivity contribution in [3.63, 3.8) is 0 Å². The molecule has 0 unspecified atom stereocenters. The van der Waals surface area contributed by atoms with Crippen LogP contribution in [0.3, 0.4) is 0 Å². The van der Waals surface area contributed by atoms with Crippen LogP contribution >= 0.6 is 0 Å². The average Bonchev–Trinajstić information content (AvgIpc) is 2.78. The van der Waals surface area contributed by atoms with Gasteiger partial charge in [0.2, 0.25) is 5.91 Å². The van der Waals surface area contributed by atoms with E-state index >= 15 is 0 Å². The van der Waals surface area contributed by atoms with Crippen LogP contribution in [0, 0.1) is 12.8 Å². The molecule has 0 atom stereocenters. The van der Waals surface area contributed by atoms with Crippen LogP contribution in [-0.4, -0.2) is 76.8 Å². The predicted octanol–water partition coefficient (Wildman–Crippen LogP) is 1.55. The second-order valence-corrected chi connectivity index (χ2v) is 7.89. The van der Waals surface area contributed by atoms with Gasteiger partial charge in [0.05, 0.1) is 11.5 Å². The molecule has 4 rings (SSSR count).